The van der Waals surface area contributed by atoms with E-state index < -0.39 is 57.6 Å². The molecule has 2 aliphatic heterocycles. The lowest BCUT2D eigenvalue weighted by Crippen LogP contribution is -2.48. The maximum Gasteiger partial charge on any atom is 0.356 e. The van der Waals surface area contributed by atoms with E-state index >= 15 is 0 Å². The Morgan fingerprint density at radius 2 is 0.920 bits per heavy atom. The number of esters is 3. The number of aromatic amines is 2. The third kappa shape index (κ3) is 13.1. The second-order valence-corrected chi connectivity index (χ2v) is 19.0. The molecule has 0 spiro atoms. The summed E-state index contributed by atoms with van der Waals surface area (Å²) < 4.78 is 72.2. The summed E-state index contributed by atoms with van der Waals surface area (Å²) in [5.41, 5.74) is 0.0845. The van der Waals surface area contributed by atoms with Crippen molar-refractivity contribution in [2.24, 2.45) is 0 Å². The van der Waals surface area contributed by atoms with Gasteiger partial charge in [-0.25, -0.2) is 36.7 Å². The van der Waals surface area contributed by atoms with Crippen LogP contribution in [-0.4, -0.2) is 113 Å². The number of hydrogen-bond acceptors (Lipinski definition) is 11. The fourth-order valence-corrected chi connectivity index (χ4v) is 10.2. The molecule has 0 radical (unpaired) electrons. The van der Waals surface area contributed by atoms with Gasteiger partial charge in [0.15, 0.2) is 34.7 Å². The SMILES string of the molecule is COC(=O)c1[nH]c(=O)n(CCCCCN2CCC(C(=O)OC)(c3ccccc3)CC2)c1-c1ccc(F)c(F)c1.COC(=O)c1[nH]c(=O)n(CCCCCN2CCC(O)(c3ccccc3)CC2)c1-c1ccc(F)c(F)c1. The van der Waals surface area contributed by atoms with Gasteiger partial charge in [0, 0.05) is 37.3 Å². The monoisotopic (exact) mass is 1040 g/mol. The fourth-order valence-electron chi connectivity index (χ4n) is 10.2. The number of aliphatic hydroxyl groups is 1. The Labute approximate surface area is 432 Å². The number of likely N-dealkylation sites (tertiary alicyclic amines) is 2. The number of nitrogens with zero attached hydrogens (tertiary/aromatic N) is 4. The summed E-state index contributed by atoms with van der Waals surface area (Å²) in [7, 11) is 3.80. The van der Waals surface area contributed by atoms with E-state index in [1.165, 1.54) is 42.6 Å². The van der Waals surface area contributed by atoms with Gasteiger partial charge in [0.25, 0.3) is 0 Å². The topological polar surface area (TPSA) is 181 Å². The van der Waals surface area contributed by atoms with E-state index in [-0.39, 0.29) is 39.9 Å². The molecule has 3 N–H and O–H groups in total. The van der Waals surface area contributed by atoms with Crippen LogP contribution in [-0.2, 0) is 43.1 Å². The van der Waals surface area contributed by atoms with Crippen LogP contribution < -0.4 is 11.4 Å². The number of nitrogens with one attached hydrogen (secondary N) is 2. The molecule has 0 amide bonds. The molecule has 2 aromatic heterocycles. The largest absolute Gasteiger partial charge is 0.468 e. The summed E-state index contributed by atoms with van der Waals surface area (Å²) in [6.45, 7) is 5.49. The second-order valence-electron chi connectivity index (χ2n) is 19.0. The number of benzene rings is 4. The van der Waals surface area contributed by atoms with Crippen molar-refractivity contribution < 1.29 is 51.3 Å². The molecule has 2 fully saturated rings. The average molecular weight is 1040 g/mol. The van der Waals surface area contributed by atoms with Crippen LogP contribution in [0, 0.1) is 23.3 Å². The molecule has 0 aliphatic carbocycles. The molecule has 75 heavy (non-hydrogen) atoms. The quantitative estimate of drug-likeness (QED) is 0.0307. The molecule has 0 saturated carbocycles. The number of methoxy groups -OCH3 is 3. The fraction of sp³-hybridized carbons (Fsp3) is 0.411. The zero-order valence-corrected chi connectivity index (χ0v) is 42.5. The number of imidazole rings is 2. The van der Waals surface area contributed by atoms with Gasteiger partial charge in [-0.05, 0) is 125 Å². The van der Waals surface area contributed by atoms with Gasteiger partial charge < -0.3 is 29.1 Å². The van der Waals surface area contributed by atoms with E-state index in [9.17, 15) is 46.6 Å². The Bertz CT molecular complexity index is 3010. The third-order valence-corrected chi connectivity index (χ3v) is 14.5. The predicted molar refractivity (Wildman–Crippen MR) is 273 cm³/mol. The van der Waals surface area contributed by atoms with E-state index in [4.69, 9.17) is 14.2 Å². The minimum absolute atomic E-state index is 0.0901. The van der Waals surface area contributed by atoms with Crippen molar-refractivity contribution >= 4 is 17.9 Å². The first-order chi connectivity index (χ1) is 36.1. The number of unbranched alkanes of at least 4 members (excludes halogenated alkanes) is 4. The molecule has 2 saturated heterocycles. The lowest BCUT2D eigenvalue weighted by atomic mass is 9.72. The Hall–Kier alpha value is -7.09. The summed E-state index contributed by atoms with van der Waals surface area (Å²) in [5.74, 6) is -5.90. The van der Waals surface area contributed by atoms with E-state index in [0.717, 1.165) is 100 Å². The van der Waals surface area contributed by atoms with Crippen LogP contribution in [0.1, 0.15) is 96.3 Å². The van der Waals surface area contributed by atoms with Crippen molar-refractivity contribution in [3.8, 4) is 22.5 Å². The summed E-state index contributed by atoms with van der Waals surface area (Å²) in [6.07, 6.45) is 7.45. The number of piperidine rings is 2. The van der Waals surface area contributed by atoms with Gasteiger partial charge >= 0.3 is 29.3 Å². The van der Waals surface area contributed by atoms with Gasteiger partial charge in [-0.15, -0.1) is 0 Å². The molecule has 6 aromatic rings. The van der Waals surface area contributed by atoms with E-state index in [1.807, 2.05) is 60.7 Å². The molecule has 2 aliphatic rings. The molecule has 4 heterocycles. The Morgan fingerprint density at radius 3 is 1.32 bits per heavy atom. The number of halogens is 4. The van der Waals surface area contributed by atoms with Crippen LogP contribution in [0.15, 0.2) is 107 Å². The minimum atomic E-state index is -1.08. The van der Waals surface area contributed by atoms with Gasteiger partial charge in [-0.2, -0.15) is 0 Å². The summed E-state index contributed by atoms with van der Waals surface area (Å²) in [4.78, 5) is 72.1. The highest BCUT2D eigenvalue weighted by molar-refractivity contribution is 5.95. The van der Waals surface area contributed by atoms with Crippen molar-refractivity contribution in [2.45, 2.75) is 88.3 Å². The van der Waals surface area contributed by atoms with Crippen molar-refractivity contribution in [2.75, 3.05) is 60.6 Å². The number of aromatic nitrogens is 4. The zero-order valence-electron chi connectivity index (χ0n) is 42.5. The van der Waals surface area contributed by atoms with Crippen molar-refractivity contribution in [1.29, 1.82) is 0 Å². The first kappa shape index (κ1) is 55.7. The number of ether oxygens (including phenoxy) is 3. The highest BCUT2D eigenvalue weighted by Crippen LogP contribution is 2.37. The summed E-state index contributed by atoms with van der Waals surface area (Å²) >= 11 is 0. The predicted octanol–water partition coefficient (Wildman–Crippen LogP) is 8.35. The van der Waals surface area contributed by atoms with Crippen molar-refractivity contribution in [1.82, 2.24) is 28.9 Å². The average Bonchev–Trinajstić information content (AvgIpc) is 3.95. The van der Waals surface area contributed by atoms with Crippen LogP contribution in [0.4, 0.5) is 17.6 Å². The normalized spacial score (nSPS) is 15.4. The van der Waals surface area contributed by atoms with E-state index in [1.54, 1.807) is 0 Å². The standard InChI is InChI=1S/C29H33F2N3O5.C27H31F2N3O4/c1-38-26(35)24-25(20-11-12-22(30)23(31)19-20)34(28(37)32-24)16-8-4-7-15-33-17-13-29(14-18-33,27(36)39-2)21-9-5-3-6-10-21;1-36-25(33)23-24(19-10-11-21(28)22(29)18-19)32(26(34)30-23)15-7-3-6-14-31-16-12-27(35,13-17-31)20-8-4-2-5-9-20/h3,5-6,9-12,19H,4,7-8,13-18H2,1-2H3,(H,32,37);2,4-5,8-11,18,35H,3,6-7,12-17H2,1H3,(H,30,34). The Balaban J connectivity index is 0.000000219. The number of carbonyl (C=O) groups is 3. The minimum Gasteiger partial charge on any atom is -0.468 e. The Kier molecular flexibility index (Phi) is 18.9. The molecule has 15 nitrogen and oxygen atoms in total. The molecule has 0 bridgehead atoms. The van der Waals surface area contributed by atoms with Gasteiger partial charge in [0.1, 0.15) is 0 Å². The molecular weight excluding hydrogens is 977 g/mol. The molecule has 8 rings (SSSR count). The lowest BCUT2D eigenvalue weighted by Gasteiger charge is -2.40. The first-order valence-corrected chi connectivity index (χ1v) is 25.2. The third-order valence-electron chi connectivity index (χ3n) is 14.5. The second kappa shape index (κ2) is 25.4. The van der Waals surface area contributed by atoms with Gasteiger partial charge in [-0.3, -0.25) is 23.9 Å². The van der Waals surface area contributed by atoms with Crippen molar-refractivity contribution in [3.63, 3.8) is 0 Å². The molecular formula is C56H64F4N6O9. The van der Waals surface area contributed by atoms with Gasteiger partial charge in [0.2, 0.25) is 0 Å². The number of carbonyl (C=O) groups excluding carboxylic acids is 3. The molecule has 400 valence electrons. The maximum absolute atomic E-state index is 13.9. The van der Waals surface area contributed by atoms with E-state index in [2.05, 4.69) is 19.8 Å². The summed E-state index contributed by atoms with van der Waals surface area (Å²) in [6, 6.07) is 26.1. The van der Waals surface area contributed by atoms with Gasteiger partial charge in [-0.1, -0.05) is 73.5 Å². The smallest absolute Gasteiger partial charge is 0.356 e. The van der Waals surface area contributed by atoms with Crippen LogP contribution in [0.2, 0.25) is 0 Å². The highest BCUT2D eigenvalue weighted by atomic mass is 19.2. The molecule has 19 heteroatoms. The molecule has 0 atom stereocenters. The Morgan fingerprint density at radius 1 is 0.520 bits per heavy atom. The van der Waals surface area contributed by atoms with E-state index in [0.29, 0.717) is 51.6 Å². The van der Waals surface area contributed by atoms with Crippen LogP contribution >= 0.6 is 0 Å². The van der Waals surface area contributed by atoms with Crippen LogP contribution in [0.5, 0.6) is 0 Å². The maximum atomic E-state index is 13.9. The number of hydrogen-bond donors (Lipinski definition) is 3. The number of H-pyrrole nitrogens is 2. The summed E-state index contributed by atoms with van der Waals surface area (Å²) in [5, 5.41) is 11.0. The highest BCUT2D eigenvalue weighted by Gasteiger charge is 2.44. The molecule has 0 unspecified atom stereocenters. The van der Waals surface area contributed by atoms with Crippen LogP contribution in [0.25, 0.3) is 22.5 Å². The van der Waals surface area contributed by atoms with Crippen molar-refractivity contribution in [3.05, 3.63) is 164 Å². The molecule has 4 aromatic carbocycles. The first-order valence-electron chi connectivity index (χ1n) is 25.2. The van der Waals surface area contributed by atoms with Crippen LogP contribution in [0.3, 0.4) is 0 Å². The number of rotatable bonds is 19. The lowest BCUT2D eigenvalue weighted by molar-refractivity contribution is -0.149. The van der Waals surface area contributed by atoms with Gasteiger partial charge in [0.05, 0.1) is 43.7 Å². The zero-order chi connectivity index (χ0) is 53.7.